The first-order valence-corrected chi connectivity index (χ1v) is 15.9. The Bertz CT molecular complexity index is 1440. The number of nitrogens with zero attached hydrogens (tertiary/aromatic N) is 2. The number of esters is 3. The van der Waals surface area contributed by atoms with Gasteiger partial charge in [-0.1, -0.05) is 36.4 Å². The van der Waals surface area contributed by atoms with Gasteiger partial charge in [0.05, 0.1) is 6.10 Å². The summed E-state index contributed by atoms with van der Waals surface area (Å²) in [6.45, 7) is 1.88. The maximum Gasteiger partial charge on any atom is 0.331 e. The van der Waals surface area contributed by atoms with E-state index >= 15 is 0 Å². The fourth-order valence-corrected chi connectivity index (χ4v) is 5.75. The number of ether oxygens (including phenoxy) is 3. The molecule has 0 amide bonds. The average Bonchev–Trinajstić information content (AvgIpc) is 3.42. The molecule has 8 heteroatoms. The fraction of sp³-hybridized carbons (Fsp3) is 0.395. The molecule has 1 aliphatic heterocycles. The number of rotatable bonds is 8. The molecule has 2 aromatic carbocycles. The highest BCUT2D eigenvalue weighted by molar-refractivity contribution is 5.88. The summed E-state index contributed by atoms with van der Waals surface area (Å²) >= 11 is 0. The molecular weight excluding hydrogens is 580 g/mol. The van der Waals surface area contributed by atoms with E-state index in [0.717, 1.165) is 41.8 Å². The molecule has 5 atom stereocenters. The Morgan fingerprint density at radius 3 is 1.93 bits per heavy atom. The zero-order valence-electron chi connectivity index (χ0n) is 27.5. The molecule has 244 valence electrons. The quantitative estimate of drug-likeness (QED) is 0.140. The van der Waals surface area contributed by atoms with Crippen LogP contribution in [0.4, 0.5) is 11.4 Å². The van der Waals surface area contributed by atoms with Gasteiger partial charge in [-0.3, -0.25) is 0 Å². The summed E-state index contributed by atoms with van der Waals surface area (Å²) in [6, 6.07) is 15.7. The normalized spacial score (nSPS) is 25.0. The van der Waals surface area contributed by atoms with E-state index in [9.17, 15) is 14.4 Å². The molecule has 0 unspecified atom stereocenters. The van der Waals surface area contributed by atoms with Crippen LogP contribution in [0.2, 0.25) is 0 Å². The summed E-state index contributed by atoms with van der Waals surface area (Å²) in [5.41, 5.74) is 3.89. The third-order valence-corrected chi connectivity index (χ3v) is 8.32. The van der Waals surface area contributed by atoms with E-state index in [1.54, 1.807) is 18.2 Å². The predicted octanol–water partition coefficient (Wildman–Crippen LogP) is 6.62. The zero-order chi connectivity index (χ0) is 33.1. The summed E-state index contributed by atoms with van der Waals surface area (Å²) in [7, 11) is 7.89. The van der Waals surface area contributed by atoms with E-state index in [4.69, 9.17) is 14.2 Å². The second-order valence-corrected chi connectivity index (χ2v) is 12.4. The molecule has 1 fully saturated rings. The van der Waals surface area contributed by atoms with Crippen molar-refractivity contribution in [3.63, 3.8) is 0 Å². The molecule has 0 N–H and O–H groups in total. The molecule has 0 saturated heterocycles. The molecule has 4 rings (SSSR count). The van der Waals surface area contributed by atoms with Crippen molar-refractivity contribution >= 4 is 41.4 Å². The first-order chi connectivity index (χ1) is 22.1. The topological polar surface area (TPSA) is 85.4 Å². The van der Waals surface area contributed by atoms with Crippen molar-refractivity contribution in [2.24, 2.45) is 11.8 Å². The molecule has 0 radical (unpaired) electrons. The van der Waals surface area contributed by atoms with Gasteiger partial charge in [0.25, 0.3) is 0 Å². The van der Waals surface area contributed by atoms with Crippen LogP contribution in [0.25, 0.3) is 12.2 Å². The van der Waals surface area contributed by atoms with Gasteiger partial charge in [0.15, 0.2) is 0 Å². The van der Waals surface area contributed by atoms with Crippen LogP contribution < -0.4 is 9.80 Å². The largest absolute Gasteiger partial charge is 0.460 e. The van der Waals surface area contributed by atoms with Crippen LogP contribution in [-0.2, 0) is 28.6 Å². The lowest BCUT2D eigenvalue weighted by Gasteiger charge is -2.24. The van der Waals surface area contributed by atoms with E-state index in [1.165, 1.54) is 18.2 Å². The minimum Gasteiger partial charge on any atom is -0.460 e. The van der Waals surface area contributed by atoms with Crippen molar-refractivity contribution in [1.29, 1.82) is 0 Å². The van der Waals surface area contributed by atoms with E-state index in [1.807, 2.05) is 93.4 Å². The molecule has 2 aromatic rings. The highest BCUT2D eigenvalue weighted by Crippen LogP contribution is 2.39. The van der Waals surface area contributed by atoms with Crippen molar-refractivity contribution < 1.29 is 28.6 Å². The maximum absolute atomic E-state index is 13.1. The first-order valence-electron chi connectivity index (χ1n) is 15.9. The summed E-state index contributed by atoms with van der Waals surface area (Å²) in [5, 5.41) is 0. The maximum atomic E-state index is 13.1. The minimum atomic E-state index is -0.721. The number of hydrogen-bond acceptors (Lipinski definition) is 8. The van der Waals surface area contributed by atoms with Crippen LogP contribution in [0.3, 0.4) is 0 Å². The van der Waals surface area contributed by atoms with Gasteiger partial charge in [0.1, 0.15) is 12.2 Å². The van der Waals surface area contributed by atoms with Crippen LogP contribution in [0.1, 0.15) is 50.2 Å². The molecule has 1 heterocycles. The van der Waals surface area contributed by atoms with Gasteiger partial charge in [0.2, 0.25) is 0 Å². The van der Waals surface area contributed by atoms with E-state index in [-0.39, 0.29) is 24.0 Å². The van der Waals surface area contributed by atoms with Crippen LogP contribution >= 0.6 is 0 Å². The minimum absolute atomic E-state index is 0.0143. The number of carbonyl (C=O) groups excluding carboxylic acids is 3. The molecule has 8 nitrogen and oxygen atoms in total. The van der Waals surface area contributed by atoms with Crippen molar-refractivity contribution in [2.45, 2.75) is 57.3 Å². The van der Waals surface area contributed by atoms with Crippen molar-refractivity contribution in [2.75, 3.05) is 38.0 Å². The fourth-order valence-electron chi connectivity index (χ4n) is 5.75. The van der Waals surface area contributed by atoms with Gasteiger partial charge in [-0.15, -0.1) is 0 Å². The monoisotopic (exact) mass is 626 g/mol. The van der Waals surface area contributed by atoms with Gasteiger partial charge in [-0.25, -0.2) is 14.4 Å². The van der Waals surface area contributed by atoms with Crippen LogP contribution in [0.5, 0.6) is 0 Å². The summed E-state index contributed by atoms with van der Waals surface area (Å²) < 4.78 is 17.4. The third-order valence-electron chi connectivity index (χ3n) is 8.32. The smallest absolute Gasteiger partial charge is 0.331 e. The SMILES string of the molecule is C[C@H]1CCC/C=C/[C@@H]2C[C@H](OC(=O)/C=C/c3ccc(N(C)C)cc3)C[C@H]2[C@H](OC(=O)/C=C/c2ccc(N(C)C)cc2)/C=C/C(=O)O1. The summed E-state index contributed by atoms with van der Waals surface area (Å²) in [4.78, 5) is 42.5. The number of hydrogen-bond donors (Lipinski definition) is 0. The molecule has 2 aliphatic rings. The standard InChI is InChI=1S/C38H46N2O6/c1-27-9-7-6-8-10-30-25-33(45-37(42)22-15-28-11-17-31(18-12-28)39(2)3)26-34(30)35(21-24-36(41)44-27)46-38(43)23-16-29-13-19-32(20-14-29)40(4)5/h8,10-24,27,30,33-35H,6-7,9,25-26H2,1-5H3/b10-8+,22-15+,23-16+,24-21+/t27-,30+,33-,34+,35+/m0/s1. The van der Waals surface area contributed by atoms with Gasteiger partial charge in [-0.05, 0) is 98.6 Å². The lowest BCUT2D eigenvalue weighted by Crippen LogP contribution is -2.27. The molecule has 46 heavy (non-hydrogen) atoms. The summed E-state index contributed by atoms with van der Waals surface area (Å²) in [6.07, 6.45) is 15.7. The number of fused-ring (bicyclic) bond motifs is 1. The number of benzene rings is 2. The van der Waals surface area contributed by atoms with Gasteiger partial charge >= 0.3 is 17.9 Å². The predicted molar refractivity (Wildman–Crippen MR) is 183 cm³/mol. The van der Waals surface area contributed by atoms with E-state index in [2.05, 4.69) is 12.2 Å². The van der Waals surface area contributed by atoms with Crippen LogP contribution in [0.15, 0.2) is 85.0 Å². The highest BCUT2D eigenvalue weighted by Gasteiger charge is 2.40. The van der Waals surface area contributed by atoms with E-state index < -0.39 is 24.0 Å². The third kappa shape index (κ3) is 10.5. The Morgan fingerprint density at radius 1 is 0.804 bits per heavy atom. The van der Waals surface area contributed by atoms with Crippen molar-refractivity contribution in [1.82, 2.24) is 0 Å². The Morgan fingerprint density at radius 2 is 1.37 bits per heavy atom. The Labute approximate surface area is 273 Å². The Balaban J connectivity index is 1.48. The van der Waals surface area contributed by atoms with E-state index in [0.29, 0.717) is 12.8 Å². The molecular formula is C38H46N2O6. The second kappa shape index (κ2) is 16.6. The first kappa shape index (κ1) is 34.3. The van der Waals surface area contributed by atoms with Crippen LogP contribution in [0, 0.1) is 11.8 Å². The number of carbonyl (C=O) groups is 3. The van der Waals surface area contributed by atoms with Crippen molar-refractivity contribution in [3.8, 4) is 0 Å². The second-order valence-electron chi connectivity index (χ2n) is 12.4. The van der Waals surface area contributed by atoms with Gasteiger partial charge < -0.3 is 24.0 Å². The number of cyclic esters (lactones) is 1. The van der Waals surface area contributed by atoms with Gasteiger partial charge in [-0.2, -0.15) is 0 Å². The van der Waals surface area contributed by atoms with Gasteiger partial charge in [0, 0.05) is 63.7 Å². The zero-order valence-corrected chi connectivity index (χ0v) is 27.5. The molecule has 1 aliphatic carbocycles. The molecule has 0 bridgehead atoms. The lowest BCUT2D eigenvalue weighted by atomic mass is 9.89. The average molecular weight is 627 g/mol. The number of allylic oxidation sites excluding steroid dienone is 2. The molecule has 0 aromatic heterocycles. The molecule has 1 saturated carbocycles. The van der Waals surface area contributed by atoms with Crippen LogP contribution in [-0.4, -0.2) is 64.4 Å². The highest BCUT2D eigenvalue weighted by atomic mass is 16.6. The lowest BCUT2D eigenvalue weighted by molar-refractivity contribution is -0.146. The Kier molecular flexibility index (Phi) is 12.4. The Hall–Kier alpha value is -4.59. The number of anilines is 2. The summed E-state index contributed by atoms with van der Waals surface area (Å²) in [5.74, 6) is -1.64. The van der Waals surface area contributed by atoms with Crippen molar-refractivity contribution in [3.05, 3.63) is 96.1 Å². The molecule has 0 spiro atoms.